The van der Waals surface area contributed by atoms with Crippen LogP contribution in [-0.4, -0.2) is 84.2 Å². The lowest BCUT2D eigenvalue weighted by molar-refractivity contribution is -0.135. The molecule has 3 N–H and O–H groups in total. The molecule has 0 saturated carbocycles. The molecule has 2 saturated heterocycles. The molecule has 2 fully saturated rings. The minimum Gasteiger partial charge on any atom is -0.481 e. The number of urea groups is 1. The third-order valence-corrected chi connectivity index (χ3v) is 4.67. The van der Waals surface area contributed by atoms with Gasteiger partial charge in [-0.3, -0.25) is 9.59 Å². The Labute approximate surface area is 161 Å². The van der Waals surface area contributed by atoms with Crippen LogP contribution in [0.1, 0.15) is 5.56 Å². The zero-order valence-electron chi connectivity index (χ0n) is 15.5. The number of aliphatic hydroxyl groups is 1. The largest absolute Gasteiger partial charge is 0.481 e. The second kappa shape index (κ2) is 8.42. The van der Waals surface area contributed by atoms with Crippen LogP contribution in [0, 0.1) is 12.7 Å². The molecule has 0 bridgehead atoms. The number of carbonyl (C=O) groups excluding carboxylic acids is 3. The molecule has 28 heavy (non-hydrogen) atoms. The number of nitrogens with one attached hydrogen (secondary N) is 2. The molecule has 0 radical (unpaired) electrons. The molecule has 152 valence electrons. The van der Waals surface area contributed by atoms with Crippen LogP contribution in [-0.2, 0) is 9.59 Å². The summed E-state index contributed by atoms with van der Waals surface area (Å²) in [6.07, 6.45) is -0.934. The second-order valence-corrected chi connectivity index (χ2v) is 6.91. The van der Waals surface area contributed by atoms with Crippen molar-refractivity contribution in [3.8, 4) is 5.75 Å². The number of ether oxygens (including phenoxy) is 1. The number of aliphatic hydroxyl groups excluding tert-OH is 1. The first-order chi connectivity index (χ1) is 13.3. The molecule has 2 atom stereocenters. The van der Waals surface area contributed by atoms with Gasteiger partial charge in [0.2, 0.25) is 5.91 Å². The molecule has 1 unspecified atom stereocenters. The van der Waals surface area contributed by atoms with Crippen LogP contribution in [0.4, 0.5) is 9.18 Å². The lowest BCUT2D eigenvalue weighted by Gasteiger charge is -2.24. The number of nitrogens with zero attached hydrogens (tertiary/aromatic N) is 2. The van der Waals surface area contributed by atoms with Gasteiger partial charge in [-0.1, -0.05) is 6.07 Å². The van der Waals surface area contributed by atoms with E-state index in [1.165, 1.54) is 21.9 Å². The highest BCUT2D eigenvalue weighted by Crippen LogP contribution is 2.18. The van der Waals surface area contributed by atoms with Gasteiger partial charge in [-0.05, 0) is 24.6 Å². The number of hydrogen-bond donors (Lipinski definition) is 3. The van der Waals surface area contributed by atoms with Crippen LogP contribution in [0.5, 0.6) is 5.75 Å². The molecular weight excluding hydrogens is 371 g/mol. The topological polar surface area (TPSA) is 111 Å². The Morgan fingerprint density at radius 1 is 1.29 bits per heavy atom. The van der Waals surface area contributed by atoms with Crippen molar-refractivity contribution in [2.24, 2.45) is 0 Å². The smallest absolute Gasteiger partial charge is 0.315 e. The van der Waals surface area contributed by atoms with Crippen LogP contribution in [0.25, 0.3) is 0 Å². The number of amides is 4. The first-order valence-corrected chi connectivity index (χ1v) is 9.01. The predicted molar refractivity (Wildman–Crippen MR) is 96.1 cm³/mol. The summed E-state index contributed by atoms with van der Waals surface area (Å²) in [6, 6.07) is 3.28. The number of aryl methyl sites for hydroxylation is 1. The lowest BCUT2D eigenvalue weighted by atomic mass is 10.2. The molecule has 2 aliphatic rings. The first-order valence-electron chi connectivity index (χ1n) is 9.01. The summed E-state index contributed by atoms with van der Waals surface area (Å²) in [4.78, 5) is 39.0. The second-order valence-electron chi connectivity index (χ2n) is 6.91. The van der Waals surface area contributed by atoms with Crippen LogP contribution in [0.2, 0.25) is 0 Å². The molecule has 2 aliphatic heterocycles. The van der Waals surface area contributed by atoms with E-state index in [0.29, 0.717) is 0 Å². The van der Waals surface area contributed by atoms with Gasteiger partial charge < -0.3 is 30.3 Å². The Kier molecular flexibility index (Phi) is 5.98. The molecule has 0 aromatic heterocycles. The standard InChI is InChI=1S/C18H23FN4O5/c1-11-2-3-13(19)15(6-11)28-10-16(25)22-4-5-23(9-12(24)8-22)17(26)14-7-20-18(27)21-14/h2-3,6,12,14,24H,4-5,7-10H2,1H3,(H2,20,21,27)/t12?,14-/m0/s1. The minimum absolute atomic E-state index is 0.00926. The quantitative estimate of drug-likeness (QED) is 0.621. The summed E-state index contributed by atoms with van der Waals surface area (Å²) in [6.45, 7) is 2.11. The highest BCUT2D eigenvalue weighted by atomic mass is 19.1. The maximum Gasteiger partial charge on any atom is 0.315 e. The molecule has 0 aliphatic carbocycles. The summed E-state index contributed by atoms with van der Waals surface area (Å²) in [5.74, 6) is -1.29. The Morgan fingerprint density at radius 3 is 2.71 bits per heavy atom. The van der Waals surface area contributed by atoms with Crippen molar-refractivity contribution in [3.05, 3.63) is 29.6 Å². The van der Waals surface area contributed by atoms with E-state index >= 15 is 0 Å². The summed E-state index contributed by atoms with van der Waals surface area (Å²) in [5.41, 5.74) is 0.802. The minimum atomic E-state index is -0.934. The number of carbonyl (C=O) groups is 3. The van der Waals surface area contributed by atoms with Crippen molar-refractivity contribution in [1.29, 1.82) is 0 Å². The fraction of sp³-hybridized carbons (Fsp3) is 0.500. The van der Waals surface area contributed by atoms with E-state index in [9.17, 15) is 23.9 Å². The summed E-state index contributed by atoms with van der Waals surface area (Å²) in [7, 11) is 0. The van der Waals surface area contributed by atoms with Gasteiger partial charge in [0.05, 0.1) is 6.10 Å². The highest BCUT2D eigenvalue weighted by Gasteiger charge is 2.34. The fourth-order valence-corrected chi connectivity index (χ4v) is 3.19. The number of hydrogen-bond acceptors (Lipinski definition) is 5. The van der Waals surface area contributed by atoms with E-state index in [-0.39, 0.29) is 51.0 Å². The third kappa shape index (κ3) is 4.69. The zero-order chi connectivity index (χ0) is 20.3. The normalized spacial score (nSPS) is 22.3. The number of benzene rings is 1. The molecule has 1 aromatic carbocycles. The molecule has 9 nitrogen and oxygen atoms in total. The van der Waals surface area contributed by atoms with Gasteiger partial charge in [0.25, 0.3) is 5.91 Å². The van der Waals surface area contributed by atoms with E-state index in [1.807, 2.05) is 0 Å². The van der Waals surface area contributed by atoms with Crippen molar-refractivity contribution >= 4 is 17.8 Å². The summed E-state index contributed by atoms with van der Waals surface area (Å²) in [5, 5.41) is 15.2. The van der Waals surface area contributed by atoms with Gasteiger partial charge in [0, 0.05) is 32.7 Å². The maximum atomic E-state index is 13.7. The van der Waals surface area contributed by atoms with Gasteiger partial charge >= 0.3 is 6.03 Å². The third-order valence-electron chi connectivity index (χ3n) is 4.67. The fourth-order valence-electron chi connectivity index (χ4n) is 3.19. The van der Waals surface area contributed by atoms with Crippen LogP contribution < -0.4 is 15.4 Å². The summed E-state index contributed by atoms with van der Waals surface area (Å²) >= 11 is 0. The number of β-amino-alcohol motifs (C(OH)–C–C–N with tert-alkyl or cyclic N) is 1. The van der Waals surface area contributed by atoms with Gasteiger partial charge in [-0.25, -0.2) is 9.18 Å². The Balaban J connectivity index is 1.56. The number of halogens is 1. The Hall–Kier alpha value is -2.88. The molecule has 4 amide bonds. The van der Waals surface area contributed by atoms with Crippen molar-refractivity contribution in [3.63, 3.8) is 0 Å². The lowest BCUT2D eigenvalue weighted by Crippen LogP contribution is -2.48. The maximum absolute atomic E-state index is 13.7. The number of rotatable bonds is 4. The van der Waals surface area contributed by atoms with Crippen LogP contribution >= 0.6 is 0 Å². The Morgan fingerprint density at radius 2 is 2.00 bits per heavy atom. The van der Waals surface area contributed by atoms with Gasteiger partial charge in [-0.15, -0.1) is 0 Å². The van der Waals surface area contributed by atoms with Gasteiger partial charge in [-0.2, -0.15) is 0 Å². The average molecular weight is 394 g/mol. The van der Waals surface area contributed by atoms with Crippen LogP contribution in [0.3, 0.4) is 0 Å². The molecule has 0 spiro atoms. The van der Waals surface area contributed by atoms with Gasteiger partial charge in [0.1, 0.15) is 6.04 Å². The first kappa shape index (κ1) is 19.9. The van der Waals surface area contributed by atoms with Crippen molar-refractivity contribution < 1.29 is 28.6 Å². The van der Waals surface area contributed by atoms with Crippen molar-refractivity contribution in [2.75, 3.05) is 39.3 Å². The van der Waals surface area contributed by atoms with Crippen molar-refractivity contribution in [2.45, 2.75) is 19.1 Å². The van der Waals surface area contributed by atoms with Crippen LogP contribution in [0.15, 0.2) is 18.2 Å². The SMILES string of the molecule is Cc1ccc(F)c(OCC(=O)N2CCN(C(=O)[C@@H]3CNC(=O)N3)CC(O)C2)c1. The molecule has 10 heteroatoms. The van der Waals surface area contributed by atoms with Gasteiger partial charge in [0.15, 0.2) is 18.2 Å². The predicted octanol–water partition coefficient (Wildman–Crippen LogP) is -0.774. The van der Waals surface area contributed by atoms with Crippen molar-refractivity contribution in [1.82, 2.24) is 20.4 Å². The summed E-state index contributed by atoms with van der Waals surface area (Å²) < 4.78 is 19.0. The zero-order valence-corrected chi connectivity index (χ0v) is 15.5. The molecule has 1 aromatic rings. The molecule has 2 heterocycles. The average Bonchev–Trinajstić information content (AvgIpc) is 2.99. The van der Waals surface area contributed by atoms with E-state index < -0.39 is 29.9 Å². The van der Waals surface area contributed by atoms with E-state index in [2.05, 4.69) is 10.6 Å². The Bertz CT molecular complexity index is 774. The van der Waals surface area contributed by atoms with E-state index in [0.717, 1.165) is 5.56 Å². The van der Waals surface area contributed by atoms with E-state index in [1.54, 1.807) is 13.0 Å². The molecule has 3 rings (SSSR count). The monoisotopic (exact) mass is 394 g/mol. The highest BCUT2D eigenvalue weighted by molar-refractivity contribution is 5.90. The molecular formula is C18H23FN4O5. The van der Waals surface area contributed by atoms with E-state index in [4.69, 9.17) is 4.74 Å².